The van der Waals surface area contributed by atoms with Crippen molar-refractivity contribution < 1.29 is 19.1 Å². The summed E-state index contributed by atoms with van der Waals surface area (Å²) in [5, 5.41) is 6.03. The van der Waals surface area contributed by atoms with Crippen molar-refractivity contribution in [1.29, 1.82) is 0 Å². The molecule has 5 rings (SSSR count). The van der Waals surface area contributed by atoms with E-state index in [4.69, 9.17) is 9.47 Å². The summed E-state index contributed by atoms with van der Waals surface area (Å²) in [5.74, 6) is 1.40. The Kier molecular flexibility index (Phi) is 6.28. The number of amides is 2. The maximum absolute atomic E-state index is 13.2. The highest BCUT2D eigenvalue weighted by molar-refractivity contribution is 6.02. The van der Waals surface area contributed by atoms with Gasteiger partial charge >= 0.3 is 0 Å². The lowest BCUT2D eigenvalue weighted by molar-refractivity contribution is -0.138. The van der Waals surface area contributed by atoms with Gasteiger partial charge in [-0.05, 0) is 36.1 Å². The first kappa shape index (κ1) is 21.5. The van der Waals surface area contributed by atoms with Crippen molar-refractivity contribution in [3.63, 3.8) is 0 Å². The van der Waals surface area contributed by atoms with Crippen molar-refractivity contribution in [1.82, 2.24) is 9.91 Å². The van der Waals surface area contributed by atoms with Crippen LogP contribution in [-0.2, 0) is 16.1 Å². The molecule has 0 radical (unpaired) electrons. The van der Waals surface area contributed by atoms with E-state index in [1.165, 1.54) is 5.01 Å². The minimum atomic E-state index is -0.0938. The highest BCUT2D eigenvalue weighted by Crippen LogP contribution is 2.34. The maximum Gasteiger partial charge on any atom is 0.243 e. The second-order valence-corrected chi connectivity index (χ2v) is 8.83. The lowest BCUT2D eigenvalue weighted by Crippen LogP contribution is -2.38. The van der Waals surface area contributed by atoms with Gasteiger partial charge in [0.2, 0.25) is 18.6 Å². The van der Waals surface area contributed by atoms with Crippen molar-refractivity contribution in [2.24, 2.45) is 5.10 Å². The first-order valence-corrected chi connectivity index (χ1v) is 11.8. The summed E-state index contributed by atoms with van der Waals surface area (Å²) in [4.78, 5) is 28.0. The molecule has 1 saturated carbocycles. The molecule has 0 spiro atoms. The van der Waals surface area contributed by atoms with E-state index in [2.05, 4.69) is 5.10 Å². The minimum Gasteiger partial charge on any atom is -0.454 e. The van der Waals surface area contributed by atoms with Gasteiger partial charge in [-0.15, -0.1) is 0 Å². The number of ether oxygens (including phenoxy) is 2. The molecule has 172 valence electrons. The number of carbonyl (C=O) groups excluding carboxylic acids is 2. The summed E-state index contributed by atoms with van der Waals surface area (Å²) in [6, 6.07) is 16.0. The topological polar surface area (TPSA) is 71.4 Å². The molecular weight excluding hydrogens is 418 g/mol. The van der Waals surface area contributed by atoms with Crippen LogP contribution in [0.3, 0.4) is 0 Å². The molecule has 0 N–H and O–H groups in total. The number of benzene rings is 2. The Balaban J connectivity index is 1.21. The van der Waals surface area contributed by atoms with Gasteiger partial charge < -0.3 is 14.4 Å². The quantitative estimate of drug-likeness (QED) is 0.641. The average molecular weight is 448 g/mol. The van der Waals surface area contributed by atoms with Gasteiger partial charge in [-0.3, -0.25) is 9.59 Å². The Hall–Kier alpha value is -3.35. The molecular formula is C26H29N3O4. The Morgan fingerprint density at radius 2 is 1.79 bits per heavy atom. The Morgan fingerprint density at radius 3 is 2.61 bits per heavy atom. The van der Waals surface area contributed by atoms with Crippen LogP contribution in [0.2, 0.25) is 0 Å². The van der Waals surface area contributed by atoms with E-state index in [9.17, 15) is 9.59 Å². The van der Waals surface area contributed by atoms with Crippen LogP contribution in [0, 0.1) is 0 Å². The van der Waals surface area contributed by atoms with E-state index < -0.39 is 0 Å². The van der Waals surface area contributed by atoms with Gasteiger partial charge in [0.05, 0.1) is 12.3 Å². The largest absolute Gasteiger partial charge is 0.454 e. The molecule has 0 saturated heterocycles. The zero-order valence-corrected chi connectivity index (χ0v) is 18.7. The average Bonchev–Trinajstić information content (AvgIpc) is 3.62. The molecule has 1 aliphatic carbocycles. The molecule has 2 aromatic rings. The van der Waals surface area contributed by atoms with Crippen molar-refractivity contribution in [2.45, 2.75) is 57.5 Å². The molecule has 2 amide bonds. The van der Waals surface area contributed by atoms with Crippen LogP contribution in [0.25, 0.3) is 0 Å². The van der Waals surface area contributed by atoms with E-state index >= 15 is 0 Å². The van der Waals surface area contributed by atoms with Crippen molar-refractivity contribution in [2.75, 3.05) is 13.3 Å². The van der Waals surface area contributed by atoms with Crippen LogP contribution in [0.15, 0.2) is 53.6 Å². The maximum atomic E-state index is 13.2. The lowest BCUT2D eigenvalue weighted by Gasteiger charge is -2.29. The highest BCUT2D eigenvalue weighted by Gasteiger charge is 2.29. The van der Waals surface area contributed by atoms with Gasteiger partial charge in [-0.25, -0.2) is 5.01 Å². The summed E-state index contributed by atoms with van der Waals surface area (Å²) in [6.07, 6.45) is 5.42. The first-order valence-electron chi connectivity index (χ1n) is 11.8. The Bertz CT molecular complexity index is 1050. The molecule has 2 aliphatic heterocycles. The standard InChI is InChI=1S/C26H29N3O4/c30-25(12-13-26(31)29-15-14-22(27-29)20-6-2-1-3-7-20)28(21-8-4-5-9-21)17-19-10-11-23-24(16-19)33-18-32-23/h1-3,6-7,10-11,16,21H,4-5,8-9,12-15,17-18H2. The first-order chi connectivity index (χ1) is 16.2. The summed E-state index contributed by atoms with van der Waals surface area (Å²) in [5.41, 5.74) is 2.98. The monoisotopic (exact) mass is 447 g/mol. The third-order valence-corrected chi connectivity index (χ3v) is 6.63. The summed E-state index contributed by atoms with van der Waals surface area (Å²) < 4.78 is 10.9. The molecule has 7 heteroatoms. The number of hydrogen-bond donors (Lipinski definition) is 0. The van der Waals surface area contributed by atoms with Crippen LogP contribution >= 0.6 is 0 Å². The predicted octanol–water partition coefficient (Wildman–Crippen LogP) is 4.10. The number of fused-ring (bicyclic) bond motifs is 1. The zero-order chi connectivity index (χ0) is 22.6. The molecule has 2 aromatic carbocycles. The SMILES string of the molecule is O=C(CCC(=O)N(Cc1ccc2c(c1)OCO2)C1CCCC1)N1CCC(c2ccccc2)=N1. The van der Waals surface area contributed by atoms with Crippen molar-refractivity contribution in [3.05, 3.63) is 59.7 Å². The van der Waals surface area contributed by atoms with Gasteiger partial charge in [0.25, 0.3) is 0 Å². The van der Waals surface area contributed by atoms with E-state index in [1.807, 2.05) is 53.4 Å². The van der Waals surface area contributed by atoms with E-state index in [0.717, 1.165) is 60.4 Å². The number of hydrazone groups is 1. The van der Waals surface area contributed by atoms with E-state index in [-0.39, 0.29) is 37.5 Å². The molecule has 0 bridgehead atoms. The minimum absolute atomic E-state index is 0.0272. The molecule has 3 aliphatic rings. The van der Waals surface area contributed by atoms with Crippen molar-refractivity contribution in [3.8, 4) is 11.5 Å². The zero-order valence-electron chi connectivity index (χ0n) is 18.7. The fourth-order valence-electron chi connectivity index (χ4n) is 4.83. The second-order valence-electron chi connectivity index (χ2n) is 8.83. The molecule has 7 nitrogen and oxygen atoms in total. The second kappa shape index (κ2) is 9.65. The van der Waals surface area contributed by atoms with Crippen LogP contribution < -0.4 is 9.47 Å². The predicted molar refractivity (Wildman–Crippen MR) is 124 cm³/mol. The Labute approximate surface area is 194 Å². The molecule has 1 fully saturated rings. The number of rotatable bonds is 7. The van der Waals surface area contributed by atoms with Gasteiger partial charge in [-0.2, -0.15) is 5.10 Å². The van der Waals surface area contributed by atoms with Gasteiger partial charge in [-0.1, -0.05) is 49.2 Å². The van der Waals surface area contributed by atoms with Gasteiger partial charge in [0.1, 0.15) is 0 Å². The van der Waals surface area contributed by atoms with Crippen LogP contribution in [0.1, 0.15) is 56.1 Å². The molecule has 0 aromatic heterocycles. The van der Waals surface area contributed by atoms with Crippen LogP contribution in [0.4, 0.5) is 0 Å². The molecule has 0 atom stereocenters. The summed E-state index contributed by atoms with van der Waals surface area (Å²) >= 11 is 0. The third-order valence-electron chi connectivity index (χ3n) is 6.63. The van der Waals surface area contributed by atoms with Gasteiger partial charge in [0, 0.05) is 31.8 Å². The number of carbonyl (C=O) groups is 2. The van der Waals surface area contributed by atoms with Crippen LogP contribution in [-0.4, -0.2) is 46.8 Å². The van der Waals surface area contributed by atoms with E-state index in [0.29, 0.717) is 13.1 Å². The fourth-order valence-corrected chi connectivity index (χ4v) is 4.83. The summed E-state index contributed by atoms with van der Waals surface area (Å²) in [6.45, 7) is 1.33. The van der Waals surface area contributed by atoms with Crippen LogP contribution in [0.5, 0.6) is 11.5 Å². The molecule has 33 heavy (non-hydrogen) atoms. The van der Waals surface area contributed by atoms with E-state index in [1.54, 1.807) is 0 Å². The third kappa shape index (κ3) is 4.87. The highest BCUT2D eigenvalue weighted by atomic mass is 16.7. The smallest absolute Gasteiger partial charge is 0.243 e. The number of hydrogen-bond acceptors (Lipinski definition) is 5. The van der Waals surface area contributed by atoms with Gasteiger partial charge in [0.15, 0.2) is 11.5 Å². The molecule has 2 heterocycles. The number of nitrogens with zero attached hydrogens (tertiary/aromatic N) is 3. The molecule has 0 unspecified atom stereocenters. The lowest BCUT2D eigenvalue weighted by atomic mass is 10.1. The fraction of sp³-hybridized carbons (Fsp3) is 0.423. The normalized spacial score (nSPS) is 17.3. The summed E-state index contributed by atoms with van der Waals surface area (Å²) in [7, 11) is 0. The Morgan fingerprint density at radius 1 is 1.00 bits per heavy atom. The van der Waals surface area contributed by atoms with Crippen molar-refractivity contribution >= 4 is 17.5 Å².